The van der Waals surface area contributed by atoms with Crippen molar-refractivity contribution in [2.45, 2.75) is 27.3 Å². The monoisotopic (exact) mass is 359 g/mol. The quantitative estimate of drug-likeness (QED) is 0.306. The number of rotatable bonds is 4. The number of ketones is 1. The number of fused-ring (bicyclic) bond motifs is 3. The maximum Gasteiger partial charge on any atom is 0.186 e. The lowest BCUT2D eigenvalue weighted by molar-refractivity contribution is 0.104. The fraction of sp³-hybridized carbons (Fsp3) is 0.174. The zero-order valence-electron chi connectivity index (χ0n) is 15.2. The van der Waals surface area contributed by atoms with Gasteiger partial charge in [-0.15, -0.1) is 11.3 Å². The summed E-state index contributed by atoms with van der Waals surface area (Å²) >= 11 is 1.67. The van der Waals surface area contributed by atoms with Gasteiger partial charge in [-0.1, -0.05) is 30.3 Å². The molecule has 0 aliphatic carbocycles. The van der Waals surface area contributed by atoms with Crippen LogP contribution in [0.15, 0.2) is 54.6 Å². The van der Waals surface area contributed by atoms with E-state index in [1.54, 1.807) is 17.4 Å². The van der Waals surface area contributed by atoms with Gasteiger partial charge in [-0.05, 0) is 56.7 Å². The normalized spacial score (nSPS) is 11.8. The second kappa shape index (κ2) is 6.58. The summed E-state index contributed by atoms with van der Waals surface area (Å²) in [6, 6.07) is 16.9. The summed E-state index contributed by atoms with van der Waals surface area (Å²) in [6.07, 6.45) is 3.61. The van der Waals surface area contributed by atoms with Crippen molar-refractivity contribution in [3.8, 4) is 0 Å². The van der Waals surface area contributed by atoms with Crippen molar-refractivity contribution in [1.29, 1.82) is 0 Å². The molecule has 0 unspecified atom stereocenters. The molecular formula is C23H21NOS. The molecule has 130 valence electrons. The smallest absolute Gasteiger partial charge is 0.186 e. The van der Waals surface area contributed by atoms with Gasteiger partial charge in [0.25, 0.3) is 0 Å². The summed E-state index contributed by atoms with van der Waals surface area (Å²) in [5.74, 6) is 0.0722. The largest absolute Gasteiger partial charge is 0.341 e. The SMILES string of the molecule is CCn1c2ccccc2c2cc(/C=C/C(=O)c3cc(C)sc3C)ccc21. The van der Waals surface area contributed by atoms with Crippen molar-refractivity contribution in [3.63, 3.8) is 0 Å². The van der Waals surface area contributed by atoms with E-state index in [9.17, 15) is 4.79 Å². The Balaban J connectivity index is 1.75. The molecule has 0 fully saturated rings. The van der Waals surface area contributed by atoms with Gasteiger partial charge in [0.2, 0.25) is 0 Å². The molecule has 2 heterocycles. The predicted molar refractivity (Wildman–Crippen MR) is 112 cm³/mol. The maximum atomic E-state index is 12.5. The van der Waals surface area contributed by atoms with Crippen LogP contribution in [-0.2, 0) is 6.54 Å². The van der Waals surface area contributed by atoms with Crippen LogP contribution in [0.5, 0.6) is 0 Å². The number of para-hydroxylation sites is 1. The highest BCUT2D eigenvalue weighted by atomic mass is 32.1. The summed E-state index contributed by atoms with van der Waals surface area (Å²) in [4.78, 5) is 14.8. The Kier molecular flexibility index (Phi) is 4.25. The standard InChI is InChI=1S/C23H21NOS/c1-4-24-21-8-6-5-7-18(21)20-14-17(9-11-22(20)24)10-12-23(25)19-13-15(2)26-16(19)3/h5-14H,4H2,1-3H3/b12-10+. The van der Waals surface area contributed by atoms with Crippen LogP contribution in [0.4, 0.5) is 0 Å². The van der Waals surface area contributed by atoms with Crippen LogP contribution < -0.4 is 0 Å². The van der Waals surface area contributed by atoms with E-state index >= 15 is 0 Å². The molecule has 0 spiro atoms. The van der Waals surface area contributed by atoms with Gasteiger partial charge >= 0.3 is 0 Å². The molecule has 0 atom stereocenters. The first-order valence-corrected chi connectivity index (χ1v) is 9.70. The zero-order chi connectivity index (χ0) is 18.3. The number of nitrogens with zero attached hydrogens (tertiary/aromatic N) is 1. The molecule has 0 radical (unpaired) electrons. The molecule has 0 N–H and O–H groups in total. The minimum absolute atomic E-state index is 0.0722. The zero-order valence-corrected chi connectivity index (χ0v) is 16.1. The molecule has 3 heteroatoms. The van der Waals surface area contributed by atoms with Crippen LogP contribution in [0.25, 0.3) is 27.9 Å². The number of hydrogen-bond donors (Lipinski definition) is 0. The lowest BCUT2D eigenvalue weighted by Gasteiger charge is -2.02. The van der Waals surface area contributed by atoms with Gasteiger partial charge < -0.3 is 4.57 Å². The molecule has 0 saturated carbocycles. The van der Waals surface area contributed by atoms with Gasteiger partial charge in [-0.2, -0.15) is 0 Å². The number of carbonyl (C=O) groups is 1. The van der Waals surface area contributed by atoms with E-state index in [1.807, 2.05) is 26.0 Å². The summed E-state index contributed by atoms with van der Waals surface area (Å²) in [5, 5.41) is 2.50. The minimum atomic E-state index is 0.0722. The number of benzene rings is 2. The van der Waals surface area contributed by atoms with Gasteiger partial charge in [-0.3, -0.25) is 4.79 Å². The Bertz CT molecular complexity index is 1160. The molecule has 26 heavy (non-hydrogen) atoms. The molecule has 0 bridgehead atoms. The number of carbonyl (C=O) groups excluding carboxylic acids is 1. The van der Waals surface area contributed by atoms with Crippen molar-refractivity contribution in [3.05, 3.63) is 75.5 Å². The van der Waals surface area contributed by atoms with Crippen LogP contribution >= 0.6 is 11.3 Å². The van der Waals surface area contributed by atoms with Gasteiger partial charge in [-0.25, -0.2) is 0 Å². The first kappa shape index (κ1) is 16.8. The van der Waals surface area contributed by atoms with Crippen molar-refractivity contribution in [2.75, 3.05) is 0 Å². The van der Waals surface area contributed by atoms with E-state index in [2.05, 4.69) is 54.0 Å². The van der Waals surface area contributed by atoms with Crippen LogP contribution in [0.1, 0.15) is 32.6 Å². The average molecular weight is 359 g/mol. The molecule has 0 saturated heterocycles. The fourth-order valence-corrected chi connectivity index (χ4v) is 4.58. The minimum Gasteiger partial charge on any atom is -0.341 e. The van der Waals surface area contributed by atoms with Crippen LogP contribution in [0.2, 0.25) is 0 Å². The van der Waals surface area contributed by atoms with Gasteiger partial charge in [0.1, 0.15) is 0 Å². The number of thiophene rings is 1. The summed E-state index contributed by atoms with van der Waals surface area (Å²) in [7, 11) is 0. The molecule has 0 aliphatic rings. The lowest BCUT2D eigenvalue weighted by atomic mass is 10.1. The highest BCUT2D eigenvalue weighted by Crippen LogP contribution is 2.30. The third-order valence-corrected chi connectivity index (χ3v) is 5.81. The third kappa shape index (κ3) is 2.78. The van der Waals surface area contributed by atoms with Crippen molar-refractivity contribution in [1.82, 2.24) is 4.57 Å². The molecule has 0 aliphatic heterocycles. The van der Waals surface area contributed by atoms with Gasteiger partial charge in [0, 0.05) is 43.7 Å². The number of allylic oxidation sites excluding steroid dienone is 1. The maximum absolute atomic E-state index is 12.5. The Labute approximate surface area is 157 Å². The van der Waals surface area contributed by atoms with Gasteiger partial charge in [0.15, 0.2) is 5.78 Å². The fourth-order valence-electron chi connectivity index (χ4n) is 3.65. The van der Waals surface area contributed by atoms with E-state index in [-0.39, 0.29) is 5.78 Å². The molecule has 2 nitrogen and oxygen atoms in total. The third-order valence-electron chi connectivity index (χ3n) is 4.85. The predicted octanol–water partition coefficient (Wildman–Crippen LogP) is 6.39. The molecule has 4 rings (SSSR count). The molecule has 4 aromatic rings. The second-order valence-electron chi connectivity index (χ2n) is 6.56. The lowest BCUT2D eigenvalue weighted by Crippen LogP contribution is -1.94. The Morgan fingerprint density at radius 2 is 1.81 bits per heavy atom. The molecule has 2 aromatic carbocycles. The van der Waals surface area contributed by atoms with Crippen molar-refractivity contribution >= 4 is 45.0 Å². The number of hydrogen-bond acceptors (Lipinski definition) is 2. The molecule has 0 amide bonds. The topological polar surface area (TPSA) is 22.0 Å². The molecule has 2 aromatic heterocycles. The Morgan fingerprint density at radius 3 is 2.54 bits per heavy atom. The average Bonchev–Trinajstić information content (AvgIpc) is 3.15. The van der Waals surface area contributed by atoms with E-state index < -0.39 is 0 Å². The second-order valence-corrected chi connectivity index (χ2v) is 8.02. The number of aryl methyl sites for hydroxylation is 3. The van der Waals surface area contributed by atoms with E-state index in [4.69, 9.17) is 0 Å². The highest BCUT2D eigenvalue weighted by molar-refractivity contribution is 7.12. The molecular weight excluding hydrogens is 338 g/mol. The first-order valence-electron chi connectivity index (χ1n) is 8.89. The first-order chi connectivity index (χ1) is 12.6. The summed E-state index contributed by atoms with van der Waals surface area (Å²) < 4.78 is 2.33. The van der Waals surface area contributed by atoms with E-state index in [0.29, 0.717) is 0 Å². The van der Waals surface area contributed by atoms with Gasteiger partial charge in [0.05, 0.1) is 0 Å². The highest BCUT2D eigenvalue weighted by Gasteiger charge is 2.10. The number of aromatic nitrogens is 1. The van der Waals surface area contributed by atoms with E-state index in [1.165, 1.54) is 26.7 Å². The van der Waals surface area contributed by atoms with Crippen LogP contribution in [0, 0.1) is 13.8 Å². The van der Waals surface area contributed by atoms with Crippen LogP contribution in [-0.4, -0.2) is 10.4 Å². The Morgan fingerprint density at radius 1 is 1.04 bits per heavy atom. The van der Waals surface area contributed by atoms with E-state index in [0.717, 1.165) is 22.5 Å². The summed E-state index contributed by atoms with van der Waals surface area (Å²) in [5.41, 5.74) is 4.36. The Hall–Kier alpha value is -2.65. The van der Waals surface area contributed by atoms with Crippen LogP contribution in [0.3, 0.4) is 0 Å². The van der Waals surface area contributed by atoms with Crippen molar-refractivity contribution < 1.29 is 4.79 Å². The summed E-state index contributed by atoms with van der Waals surface area (Å²) in [6.45, 7) is 7.15. The van der Waals surface area contributed by atoms with Crippen molar-refractivity contribution in [2.24, 2.45) is 0 Å².